The summed E-state index contributed by atoms with van der Waals surface area (Å²) in [6.45, 7) is -1.26. The van der Waals surface area contributed by atoms with Gasteiger partial charge in [-0.25, -0.2) is 18.3 Å². The van der Waals surface area contributed by atoms with Crippen molar-refractivity contribution in [1.82, 2.24) is 24.2 Å². The molecule has 2 aliphatic rings. The predicted molar refractivity (Wildman–Crippen MR) is 98.1 cm³/mol. The van der Waals surface area contributed by atoms with Crippen molar-refractivity contribution < 1.29 is 26.7 Å². The normalized spacial score (nSPS) is 26.2. The number of fused-ring (bicyclic) bond motifs is 1. The van der Waals surface area contributed by atoms with Gasteiger partial charge < -0.3 is 4.90 Å². The van der Waals surface area contributed by atoms with E-state index in [0.29, 0.717) is 10.6 Å². The minimum absolute atomic E-state index is 0.118. The molecule has 2 unspecified atom stereocenters. The molecular formula is C18H17ClF5N5O2. The van der Waals surface area contributed by atoms with E-state index >= 15 is 0 Å². The first-order chi connectivity index (χ1) is 14.5. The molecule has 0 N–H and O–H groups in total. The number of alkyl halides is 5. The summed E-state index contributed by atoms with van der Waals surface area (Å²) in [4.78, 5) is 30.5. The van der Waals surface area contributed by atoms with Crippen LogP contribution in [-0.2, 0) is 17.8 Å². The summed E-state index contributed by atoms with van der Waals surface area (Å²) in [5, 5.41) is 4.31. The molecule has 0 bridgehead atoms. The van der Waals surface area contributed by atoms with E-state index in [0.717, 1.165) is 14.1 Å². The molecule has 13 heteroatoms. The molecule has 2 aromatic rings. The molecule has 0 spiro atoms. The molecule has 0 aromatic carbocycles. The maximum Gasteiger partial charge on any atom is 0.392 e. The van der Waals surface area contributed by atoms with Gasteiger partial charge in [-0.05, 0) is 18.1 Å². The molecule has 4 atom stereocenters. The van der Waals surface area contributed by atoms with Crippen molar-refractivity contribution in [1.29, 1.82) is 0 Å². The van der Waals surface area contributed by atoms with Crippen molar-refractivity contribution in [2.24, 2.45) is 5.92 Å². The number of aromatic nitrogens is 4. The molecule has 1 fully saturated rings. The summed E-state index contributed by atoms with van der Waals surface area (Å²) in [5.74, 6) is -3.05. The van der Waals surface area contributed by atoms with Crippen molar-refractivity contribution in [3.8, 4) is 0 Å². The Balaban J connectivity index is 1.70. The van der Waals surface area contributed by atoms with Gasteiger partial charge >= 0.3 is 11.9 Å². The Bertz CT molecular complexity index is 1040. The van der Waals surface area contributed by atoms with E-state index in [1.54, 1.807) is 0 Å². The highest BCUT2D eigenvalue weighted by Gasteiger charge is 2.49. The first-order valence-corrected chi connectivity index (χ1v) is 9.83. The number of rotatable bonds is 3. The van der Waals surface area contributed by atoms with Gasteiger partial charge in [-0.1, -0.05) is 11.6 Å². The highest BCUT2D eigenvalue weighted by atomic mass is 35.5. The number of amides is 1. The standard InChI is InChI=1S/C18H17ClF5N5O2/c19-11-1-9(4-25-5-11)6-28-17(31)29-14(16(30)27-7-12(20)13(21)8-27)2-10(18(22,23)24)3-15(29)26-28/h1,4-5,10,12-14H,2-3,6-8H2/t10?,12-,13+,14?. The number of carbonyl (C=O) groups excluding carboxylic acids is 1. The zero-order chi connectivity index (χ0) is 22.5. The molecule has 31 heavy (non-hydrogen) atoms. The first kappa shape index (κ1) is 21.7. The number of likely N-dealkylation sites (tertiary alicyclic amines) is 1. The van der Waals surface area contributed by atoms with E-state index < -0.39 is 68.0 Å². The minimum atomic E-state index is -4.63. The van der Waals surface area contributed by atoms with Crippen LogP contribution in [0.5, 0.6) is 0 Å². The lowest BCUT2D eigenvalue weighted by atomic mass is 9.91. The summed E-state index contributed by atoms with van der Waals surface area (Å²) in [7, 11) is 0. The smallest absolute Gasteiger partial charge is 0.335 e. The first-order valence-electron chi connectivity index (χ1n) is 9.46. The number of nitrogens with zero attached hydrogens (tertiary/aromatic N) is 5. The fourth-order valence-corrected chi connectivity index (χ4v) is 4.19. The van der Waals surface area contributed by atoms with Crippen LogP contribution in [0.2, 0.25) is 5.02 Å². The van der Waals surface area contributed by atoms with Crippen LogP contribution in [0, 0.1) is 5.92 Å². The largest absolute Gasteiger partial charge is 0.392 e. The molecule has 1 saturated heterocycles. The molecule has 0 radical (unpaired) electrons. The topological polar surface area (TPSA) is 73.0 Å². The van der Waals surface area contributed by atoms with Crippen LogP contribution in [0.1, 0.15) is 23.9 Å². The van der Waals surface area contributed by atoms with Crippen molar-refractivity contribution >= 4 is 17.5 Å². The average Bonchev–Trinajstić information content (AvgIpc) is 3.19. The van der Waals surface area contributed by atoms with Crippen LogP contribution in [0.25, 0.3) is 0 Å². The second-order valence-electron chi connectivity index (χ2n) is 7.71. The van der Waals surface area contributed by atoms with Crippen LogP contribution in [-0.4, -0.2) is 61.7 Å². The van der Waals surface area contributed by atoms with E-state index in [1.807, 2.05) is 0 Å². The van der Waals surface area contributed by atoms with Crippen molar-refractivity contribution in [3.63, 3.8) is 0 Å². The van der Waals surface area contributed by atoms with Gasteiger partial charge in [-0.2, -0.15) is 18.3 Å². The van der Waals surface area contributed by atoms with E-state index in [9.17, 15) is 31.5 Å². The third kappa shape index (κ3) is 4.17. The predicted octanol–water partition coefficient (Wildman–Crippen LogP) is 2.33. The quantitative estimate of drug-likeness (QED) is 0.652. The lowest BCUT2D eigenvalue weighted by Crippen LogP contribution is -2.45. The fraction of sp³-hybridized carbons (Fsp3) is 0.556. The minimum Gasteiger partial charge on any atom is -0.335 e. The zero-order valence-electron chi connectivity index (χ0n) is 15.9. The van der Waals surface area contributed by atoms with Gasteiger partial charge in [0.25, 0.3) is 0 Å². The lowest BCUT2D eigenvalue weighted by molar-refractivity contribution is -0.183. The monoisotopic (exact) mass is 465 g/mol. The SMILES string of the molecule is O=C(C1CC(C(F)(F)F)Cc2nn(Cc3cncc(Cl)c3)c(=O)n21)N1C[C@@H](F)[C@@H](F)C1. The van der Waals surface area contributed by atoms with E-state index in [2.05, 4.69) is 10.1 Å². The van der Waals surface area contributed by atoms with Gasteiger partial charge in [0, 0.05) is 18.8 Å². The Morgan fingerprint density at radius 3 is 2.48 bits per heavy atom. The van der Waals surface area contributed by atoms with Gasteiger partial charge in [0.2, 0.25) is 5.91 Å². The van der Waals surface area contributed by atoms with Crippen LogP contribution in [0.3, 0.4) is 0 Å². The number of hydrogen-bond acceptors (Lipinski definition) is 4. The zero-order valence-corrected chi connectivity index (χ0v) is 16.7. The number of halogens is 6. The summed E-state index contributed by atoms with van der Waals surface area (Å²) in [6, 6.07) is -0.0281. The Hall–Kier alpha value is -2.50. The van der Waals surface area contributed by atoms with Crippen molar-refractivity contribution in [2.75, 3.05) is 13.1 Å². The molecule has 1 amide bonds. The summed E-state index contributed by atoms with van der Waals surface area (Å²) < 4.78 is 69.4. The number of carbonyl (C=O) groups is 1. The van der Waals surface area contributed by atoms with Gasteiger partial charge in [0.05, 0.1) is 30.6 Å². The molecule has 7 nitrogen and oxygen atoms in total. The van der Waals surface area contributed by atoms with Gasteiger partial charge in [0.15, 0.2) is 12.3 Å². The molecule has 0 saturated carbocycles. The van der Waals surface area contributed by atoms with Crippen molar-refractivity contribution in [3.05, 3.63) is 45.4 Å². The van der Waals surface area contributed by atoms with Gasteiger partial charge in [-0.3, -0.25) is 14.3 Å². The lowest BCUT2D eigenvalue weighted by Gasteiger charge is -2.32. The highest BCUT2D eigenvalue weighted by Crippen LogP contribution is 2.39. The maximum atomic E-state index is 13.6. The van der Waals surface area contributed by atoms with Crippen LogP contribution in [0.4, 0.5) is 22.0 Å². The fourth-order valence-electron chi connectivity index (χ4n) is 3.99. The van der Waals surface area contributed by atoms with Crippen molar-refractivity contribution in [2.45, 2.75) is 43.9 Å². The second-order valence-corrected chi connectivity index (χ2v) is 8.14. The molecular weight excluding hydrogens is 449 g/mol. The van der Waals surface area contributed by atoms with E-state index in [4.69, 9.17) is 11.6 Å². The number of pyridine rings is 1. The Kier molecular flexibility index (Phi) is 5.52. The summed E-state index contributed by atoms with van der Waals surface area (Å²) >= 11 is 5.87. The Labute approximate surface area is 177 Å². The molecule has 4 rings (SSSR count). The maximum absolute atomic E-state index is 13.6. The summed E-state index contributed by atoms with van der Waals surface area (Å²) in [5.41, 5.74) is -0.304. The van der Waals surface area contributed by atoms with E-state index in [-0.39, 0.29) is 12.4 Å². The third-order valence-electron chi connectivity index (χ3n) is 5.53. The highest BCUT2D eigenvalue weighted by molar-refractivity contribution is 6.30. The second kappa shape index (κ2) is 7.88. The third-order valence-corrected chi connectivity index (χ3v) is 5.73. The molecule has 4 heterocycles. The molecule has 168 valence electrons. The summed E-state index contributed by atoms with van der Waals surface area (Å²) in [6.07, 6.45) is -6.95. The van der Waals surface area contributed by atoms with Crippen LogP contribution < -0.4 is 5.69 Å². The Morgan fingerprint density at radius 2 is 1.87 bits per heavy atom. The van der Waals surface area contributed by atoms with Crippen LogP contribution >= 0.6 is 11.6 Å². The van der Waals surface area contributed by atoms with Gasteiger partial charge in [0.1, 0.15) is 11.9 Å². The number of hydrogen-bond donors (Lipinski definition) is 0. The van der Waals surface area contributed by atoms with Gasteiger partial charge in [-0.15, -0.1) is 0 Å². The van der Waals surface area contributed by atoms with E-state index in [1.165, 1.54) is 18.5 Å². The Morgan fingerprint density at radius 1 is 1.19 bits per heavy atom. The molecule has 0 aliphatic carbocycles. The average molecular weight is 466 g/mol. The van der Waals surface area contributed by atoms with Crippen LogP contribution in [0.15, 0.2) is 23.3 Å². The molecule has 2 aliphatic heterocycles. The molecule has 2 aromatic heterocycles.